The molecule has 0 saturated carbocycles. The molecule has 26 heavy (non-hydrogen) atoms. The second kappa shape index (κ2) is 6.36. The molecule has 0 aliphatic heterocycles. The van der Waals surface area contributed by atoms with Gasteiger partial charge >= 0.3 is 0 Å². The van der Waals surface area contributed by atoms with Crippen LogP contribution < -0.4 is 15.2 Å². The van der Waals surface area contributed by atoms with Gasteiger partial charge in [-0.25, -0.2) is 4.98 Å². The fraction of sp³-hybridized carbons (Fsp3) is 0.105. The van der Waals surface area contributed by atoms with Gasteiger partial charge < -0.3 is 15.2 Å². The average molecular weight is 347 g/mol. The number of fused-ring (bicyclic) bond motifs is 1. The van der Waals surface area contributed by atoms with Gasteiger partial charge in [-0.05, 0) is 29.8 Å². The first-order valence-corrected chi connectivity index (χ1v) is 7.99. The number of hydrogen-bond acceptors (Lipinski definition) is 6. The van der Waals surface area contributed by atoms with Crippen molar-refractivity contribution >= 4 is 11.5 Å². The van der Waals surface area contributed by atoms with Crippen molar-refractivity contribution in [1.29, 1.82) is 0 Å². The molecule has 4 rings (SSSR count). The van der Waals surface area contributed by atoms with Gasteiger partial charge in [0.05, 0.1) is 31.7 Å². The van der Waals surface area contributed by atoms with Crippen molar-refractivity contribution in [3.05, 3.63) is 55.0 Å². The van der Waals surface area contributed by atoms with E-state index < -0.39 is 0 Å². The molecule has 0 amide bonds. The van der Waals surface area contributed by atoms with Gasteiger partial charge in [-0.2, -0.15) is 9.61 Å². The Balaban J connectivity index is 1.85. The van der Waals surface area contributed by atoms with Crippen LogP contribution in [-0.2, 0) is 0 Å². The molecule has 0 aliphatic carbocycles. The van der Waals surface area contributed by atoms with Crippen LogP contribution >= 0.6 is 0 Å². The standard InChI is InChI=1S/C19H17N5O2/c1-25-16-7-6-12(9-17(16)26-2)13-11-23-24-18(20)14(10-22-19(13)24)15-5-3-4-8-21-15/h3-11H,20H2,1-2H3. The summed E-state index contributed by atoms with van der Waals surface area (Å²) in [6.45, 7) is 0. The minimum absolute atomic E-state index is 0.487. The van der Waals surface area contributed by atoms with Crippen LogP contribution in [0.25, 0.3) is 28.0 Å². The Labute approximate surface area is 150 Å². The molecule has 3 aromatic heterocycles. The van der Waals surface area contributed by atoms with Crippen LogP contribution in [0.3, 0.4) is 0 Å². The minimum Gasteiger partial charge on any atom is -0.493 e. The van der Waals surface area contributed by atoms with E-state index in [9.17, 15) is 0 Å². The minimum atomic E-state index is 0.487. The number of nitrogens with two attached hydrogens (primary N) is 1. The van der Waals surface area contributed by atoms with Crippen LogP contribution in [-0.4, -0.2) is 33.8 Å². The van der Waals surface area contributed by atoms with E-state index >= 15 is 0 Å². The molecule has 7 heteroatoms. The lowest BCUT2D eigenvalue weighted by molar-refractivity contribution is 0.355. The van der Waals surface area contributed by atoms with E-state index in [0.717, 1.165) is 22.4 Å². The van der Waals surface area contributed by atoms with Crippen LogP contribution in [0.15, 0.2) is 55.0 Å². The SMILES string of the molecule is COc1ccc(-c2cnn3c(N)c(-c4ccccn4)cnc23)cc1OC. The Kier molecular flexibility index (Phi) is 3.89. The van der Waals surface area contributed by atoms with Crippen LogP contribution in [0.1, 0.15) is 0 Å². The van der Waals surface area contributed by atoms with E-state index in [1.54, 1.807) is 37.3 Å². The summed E-state index contributed by atoms with van der Waals surface area (Å²) in [4.78, 5) is 8.89. The second-order valence-corrected chi connectivity index (χ2v) is 5.64. The predicted molar refractivity (Wildman–Crippen MR) is 99.2 cm³/mol. The van der Waals surface area contributed by atoms with Gasteiger partial charge in [0, 0.05) is 18.0 Å². The van der Waals surface area contributed by atoms with Gasteiger partial charge in [0.25, 0.3) is 0 Å². The van der Waals surface area contributed by atoms with Crippen LogP contribution in [0.4, 0.5) is 5.82 Å². The third kappa shape index (κ3) is 2.50. The normalized spacial score (nSPS) is 10.8. The zero-order chi connectivity index (χ0) is 18.1. The smallest absolute Gasteiger partial charge is 0.165 e. The highest BCUT2D eigenvalue weighted by Gasteiger charge is 2.15. The molecule has 0 radical (unpaired) electrons. The van der Waals surface area contributed by atoms with Crippen LogP contribution in [0, 0.1) is 0 Å². The molecule has 0 atom stereocenters. The summed E-state index contributed by atoms with van der Waals surface area (Å²) >= 11 is 0. The maximum Gasteiger partial charge on any atom is 0.165 e. The van der Waals surface area contributed by atoms with E-state index in [2.05, 4.69) is 15.1 Å². The molecule has 3 heterocycles. The zero-order valence-electron chi connectivity index (χ0n) is 14.4. The molecule has 4 aromatic rings. The maximum absolute atomic E-state index is 6.32. The lowest BCUT2D eigenvalue weighted by Crippen LogP contribution is -2.03. The molecular weight excluding hydrogens is 330 g/mol. The predicted octanol–water partition coefficient (Wildman–Crippen LogP) is 3.06. The quantitative estimate of drug-likeness (QED) is 0.610. The number of benzene rings is 1. The van der Waals surface area contributed by atoms with Gasteiger partial charge in [-0.3, -0.25) is 4.98 Å². The Morgan fingerprint density at radius 2 is 1.77 bits per heavy atom. The summed E-state index contributed by atoms with van der Waals surface area (Å²) < 4.78 is 12.3. The van der Waals surface area contributed by atoms with Crippen molar-refractivity contribution in [2.24, 2.45) is 0 Å². The van der Waals surface area contributed by atoms with Gasteiger partial charge in [0.15, 0.2) is 17.1 Å². The fourth-order valence-electron chi connectivity index (χ4n) is 2.88. The molecule has 2 N–H and O–H groups in total. The molecule has 0 aliphatic rings. The Hall–Kier alpha value is -3.61. The van der Waals surface area contributed by atoms with Crippen molar-refractivity contribution in [2.75, 3.05) is 20.0 Å². The third-order valence-electron chi connectivity index (χ3n) is 4.20. The topological polar surface area (TPSA) is 87.6 Å². The molecule has 130 valence electrons. The van der Waals surface area contributed by atoms with Gasteiger partial charge in [-0.1, -0.05) is 12.1 Å². The summed E-state index contributed by atoms with van der Waals surface area (Å²) in [6, 6.07) is 11.3. The number of rotatable bonds is 4. The highest BCUT2D eigenvalue weighted by Crippen LogP contribution is 2.34. The van der Waals surface area contributed by atoms with Crippen LogP contribution in [0.2, 0.25) is 0 Å². The summed E-state index contributed by atoms with van der Waals surface area (Å²) in [6.07, 6.45) is 5.18. The Morgan fingerprint density at radius 3 is 2.50 bits per heavy atom. The summed E-state index contributed by atoms with van der Waals surface area (Å²) in [7, 11) is 3.21. The van der Waals surface area contributed by atoms with Crippen molar-refractivity contribution < 1.29 is 9.47 Å². The van der Waals surface area contributed by atoms with Crippen molar-refractivity contribution in [2.45, 2.75) is 0 Å². The molecule has 0 unspecified atom stereocenters. The molecule has 1 aromatic carbocycles. The van der Waals surface area contributed by atoms with E-state index in [1.165, 1.54) is 0 Å². The van der Waals surface area contributed by atoms with E-state index in [4.69, 9.17) is 15.2 Å². The fourth-order valence-corrected chi connectivity index (χ4v) is 2.88. The molecular formula is C19H17N5O2. The molecule has 0 spiro atoms. The number of aromatic nitrogens is 4. The zero-order valence-corrected chi connectivity index (χ0v) is 14.4. The Morgan fingerprint density at radius 1 is 0.923 bits per heavy atom. The first kappa shape index (κ1) is 15.9. The number of pyridine rings is 1. The third-order valence-corrected chi connectivity index (χ3v) is 4.20. The first-order chi connectivity index (χ1) is 12.7. The van der Waals surface area contributed by atoms with E-state index in [1.807, 2.05) is 36.4 Å². The van der Waals surface area contributed by atoms with Crippen molar-refractivity contribution in [1.82, 2.24) is 19.6 Å². The van der Waals surface area contributed by atoms with Gasteiger partial charge in [0.1, 0.15) is 5.82 Å². The number of hydrogen-bond donors (Lipinski definition) is 1. The van der Waals surface area contributed by atoms with Crippen molar-refractivity contribution in [3.8, 4) is 33.9 Å². The van der Waals surface area contributed by atoms with Gasteiger partial charge in [-0.15, -0.1) is 0 Å². The highest BCUT2D eigenvalue weighted by atomic mass is 16.5. The van der Waals surface area contributed by atoms with E-state index in [0.29, 0.717) is 23.0 Å². The first-order valence-electron chi connectivity index (χ1n) is 7.99. The molecule has 7 nitrogen and oxygen atoms in total. The number of nitrogens with zero attached hydrogens (tertiary/aromatic N) is 4. The lowest BCUT2D eigenvalue weighted by Gasteiger charge is -2.09. The number of ether oxygens (including phenoxy) is 2. The Bertz CT molecular complexity index is 1080. The van der Waals surface area contributed by atoms with E-state index in [-0.39, 0.29) is 0 Å². The molecule has 0 fully saturated rings. The average Bonchev–Trinajstić information content (AvgIpc) is 3.13. The number of nitrogen functional groups attached to an aromatic ring is 1. The maximum atomic E-state index is 6.32. The van der Waals surface area contributed by atoms with Crippen molar-refractivity contribution in [3.63, 3.8) is 0 Å². The summed E-state index contributed by atoms with van der Waals surface area (Å²) in [5.74, 6) is 1.79. The number of methoxy groups -OCH3 is 2. The largest absolute Gasteiger partial charge is 0.493 e. The molecule has 0 saturated heterocycles. The van der Waals surface area contributed by atoms with Crippen LogP contribution in [0.5, 0.6) is 11.5 Å². The monoisotopic (exact) mass is 347 g/mol. The lowest BCUT2D eigenvalue weighted by atomic mass is 10.1. The summed E-state index contributed by atoms with van der Waals surface area (Å²) in [5, 5.41) is 4.41. The molecule has 0 bridgehead atoms. The highest BCUT2D eigenvalue weighted by molar-refractivity contribution is 5.82. The summed E-state index contributed by atoms with van der Waals surface area (Å²) in [5.41, 5.74) is 10.2. The number of anilines is 1. The second-order valence-electron chi connectivity index (χ2n) is 5.64. The van der Waals surface area contributed by atoms with Gasteiger partial charge in [0.2, 0.25) is 0 Å².